The maximum absolute atomic E-state index is 14.5. The summed E-state index contributed by atoms with van der Waals surface area (Å²) >= 11 is 0.777. The van der Waals surface area contributed by atoms with Crippen molar-refractivity contribution in [3.05, 3.63) is 82.3 Å². The Kier molecular flexibility index (Phi) is 10.3. The normalized spacial score (nSPS) is 19.5. The van der Waals surface area contributed by atoms with Crippen LogP contribution in [0.1, 0.15) is 58.8 Å². The van der Waals surface area contributed by atoms with Crippen LogP contribution in [0.4, 0.5) is 8.78 Å². The van der Waals surface area contributed by atoms with E-state index in [0.29, 0.717) is 5.75 Å². The molecular weight excluding hydrogens is 566 g/mol. The van der Waals surface area contributed by atoms with Crippen molar-refractivity contribution < 1.29 is 27.6 Å². The number of aromatic hydroxyl groups is 1. The highest BCUT2D eigenvalue weighted by Gasteiger charge is 2.32. The van der Waals surface area contributed by atoms with E-state index in [9.17, 15) is 22.9 Å². The lowest BCUT2D eigenvalue weighted by Gasteiger charge is -2.35. The Bertz CT molecular complexity index is 1480. The van der Waals surface area contributed by atoms with E-state index in [1.165, 1.54) is 7.05 Å². The predicted molar refractivity (Wildman–Crippen MR) is 162 cm³/mol. The van der Waals surface area contributed by atoms with E-state index >= 15 is 0 Å². The van der Waals surface area contributed by atoms with Crippen LogP contribution in [0.5, 0.6) is 11.5 Å². The summed E-state index contributed by atoms with van der Waals surface area (Å²) in [5.74, 6) is -1.92. The molecule has 6 nitrogen and oxygen atoms in total. The summed E-state index contributed by atoms with van der Waals surface area (Å²) in [6.45, 7) is 0.200. The maximum atomic E-state index is 14.5. The number of hydrogen-bond donors (Lipinski definition) is 2. The van der Waals surface area contributed by atoms with Crippen molar-refractivity contribution in [2.45, 2.75) is 55.9 Å². The molecule has 220 valence electrons. The first-order valence-corrected chi connectivity index (χ1v) is 16.1. The average Bonchev–Trinajstić information content (AvgIpc) is 3.37. The molecule has 3 N–H and O–H groups in total. The summed E-state index contributed by atoms with van der Waals surface area (Å²) < 4.78 is 47.1. The number of ether oxygens (including phenoxy) is 1. The second-order valence-corrected chi connectivity index (χ2v) is 12.6. The van der Waals surface area contributed by atoms with E-state index in [1.54, 1.807) is 18.3 Å². The molecule has 41 heavy (non-hydrogen) atoms. The van der Waals surface area contributed by atoms with Crippen molar-refractivity contribution in [1.29, 1.82) is 0 Å². The lowest BCUT2D eigenvalue weighted by atomic mass is 9.90. The molecule has 10 heteroatoms. The number of carbonyl (C=O) groups excluding carboxylic acids is 1. The number of halogens is 2. The van der Waals surface area contributed by atoms with Crippen LogP contribution in [0.15, 0.2) is 54.6 Å². The summed E-state index contributed by atoms with van der Waals surface area (Å²) in [4.78, 5) is 15.7. The van der Waals surface area contributed by atoms with Gasteiger partial charge in [0.05, 0.1) is 22.4 Å². The first-order chi connectivity index (χ1) is 19.8. The van der Waals surface area contributed by atoms with Crippen LogP contribution >= 0.6 is 11.3 Å². The number of rotatable bonds is 7. The number of allylic oxidation sites excluding steroid dienone is 3. The van der Waals surface area contributed by atoms with Crippen molar-refractivity contribution in [3.8, 4) is 11.5 Å². The van der Waals surface area contributed by atoms with Gasteiger partial charge in [-0.1, -0.05) is 49.6 Å². The molecule has 3 aromatic rings. The minimum Gasteiger partial charge on any atom is -0.505 e. The van der Waals surface area contributed by atoms with Gasteiger partial charge in [-0.05, 0) is 49.7 Å². The van der Waals surface area contributed by atoms with Gasteiger partial charge in [0.1, 0.15) is 28.0 Å². The lowest BCUT2D eigenvalue weighted by molar-refractivity contribution is 0.0615. The zero-order valence-electron chi connectivity index (χ0n) is 23.4. The number of amides is 1. The van der Waals surface area contributed by atoms with Crippen LogP contribution in [0.3, 0.4) is 0 Å². The molecule has 3 unspecified atom stereocenters. The third-order valence-electron chi connectivity index (χ3n) is 7.68. The molecule has 0 bridgehead atoms. The number of hydrogen-bond acceptors (Lipinski definition) is 6. The highest BCUT2D eigenvalue weighted by Crippen LogP contribution is 2.42. The molecule has 3 atom stereocenters. The van der Waals surface area contributed by atoms with E-state index < -0.39 is 34.1 Å². The van der Waals surface area contributed by atoms with Gasteiger partial charge in [-0.15, -0.1) is 11.3 Å². The molecule has 0 aliphatic heterocycles. The number of nitrogens with zero attached hydrogens (tertiary/aromatic N) is 1. The third kappa shape index (κ3) is 6.39. The van der Waals surface area contributed by atoms with Gasteiger partial charge in [-0.25, -0.2) is 8.78 Å². The van der Waals surface area contributed by atoms with Crippen molar-refractivity contribution in [1.82, 2.24) is 4.90 Å². The van der Waals surface area contributed by atoms with Gasteiger partial charge in [0, 0.05) is 41.1 Å². The van der Waals surface area contributed by atoms with E-state index in [0.717, 1.165) is 66.7 Å². The topological polar surface area (TPSA) is 92.9 Å². The van der Waals surface area contributed by atoms with Crippen LogP contribution in [0.25, 0.3) is 10.1 Å². The molecule has 1 aromatic heterocycles. The van der Waals surface area contributed by atoms with Crippen molar-refractivity contribution in [3.63, 3.8) is 0 Å². The molecule has 1 amide bonds. The fraction of sp³-hybridized carbons (Fsp3) is 0.387. The number of nitrogens with two attached hydrogens (primary N) is 1. The zero-order chi connectivity index (χ0) is 29.7. The molecule has 1 saturated carbocycles. The monoisotopic (exact) mass is 602 g/mol. The number of methoxy groups -OCH3 is 1. The van der Waals surface area contributed by atoms with Gasteiger partial charge in [0.25, 0.3) is 5.91 Å². The van der Waals surface area contributed by atoms with Gasteiger partial charge in [-0.2, -0.15) is 0 Å². The Morgan fingerprint density at radius 1 is 1.10 bits per heavy atom. The minimum absolute atomic E-state index is 0.0727. The number of thiophene rings is 1. The molecule has 0 saturated heterocycles. The Morgan fingerprint density at radius 3 is 2.44 bits per heavy atom. The molecule has 2 aliphatic rings. The van der Waals surface area contributed by atoms with E-state index in [1.807, 2.05) is 42.5 Å². The van der Waals surface area contributed by atoms with Crippen molar-refractivity contribution in [2.75, 3.05) is 20.4 Å². The number of carbonyl (C=O) groups is 1. The molecular formula is C31H36F2N2O4S2. The Labute approximate surface area is 246 Å². The number of fused-ring (bicyclic) bond motifs is 1. The smallest absolute Gasteiger partial charge is 0.268 e. The average molecular weight is 603 g/mol. The van der Waals surface area contributed by atoms with Crippen LogP contribution in [0, 0.1) is 11.6 Å². The first-order valence-electron chi connectivity index (χ1n) is 13.6. The summed E-state index contributed by atoms with van der Waals surface area (Å²) in [7, 11) is 1.99. The third-order valence-corrected chi connectivity index (χ3v) is 10.1. The molecule has 2 aliphatic carbocycles. The van der Waals surface area contributed by atoms with E-state index in [-0.39, 0.29) is 38.7 Å². The largest absolute Gasteiger partial charge is 0.505 e. The standard InChI is InChI=1S/C30H31F2NO4S2.CH5N/c1-37-24-15-12-18(21-10-6-7-11-25(21)39(2)36)16-19(24)17-33(20-8-4-3-5-9-20)30(35)29-27(34)26-22(31)13-14-23(32)28(26)38-29;1-2/h6-7,10-16,20-21,25,34H,3-5,8-9,17H2,1-2H3;2H2,1H3. The van der Waals surface area contributed by atoms with Crippen LogP contribution in [-0.4, -0.2) is 51.8 Å². The van der Waals surface area contributed by atoms with Gasteiger partial charge in [0.2, 0.25) is 0 Å². The molecule has 1 heterocycles. The van der Waals surface area contributed by atoms with Crippen LogP contribution < -0.4 is 10.5 Å². The van der Waals surface area contributed by atoms with Crippen LogP contribution in [-0.2, 0) is 17.3 Å². The lowest BCUT2D eigenvalue weighted by Crippen LogP contribution is -2.40. The fourth-order valence-corrected chi connectivity index (χ4v) is 7.71. The Hall–Kier alpha value is -3.08. The highest BCUT2D eigenvalue weighted by molar-refractivity contribution is 7.85. The second-order valence-electron chi connectivity index (χ2n) is 10.1. The molecule has 0 radical (unpaired) electrons. The van der Waals surface area contributed by atoms with E-state index in [4.69, 9.17) is 4.74 Å². The minimum atomic E-state index is -1.08. The maximum Gasteiger partial charge on any atom is 0.268 e. The molecule has 0 spiro atoms. The molecule has 5 rings (SSSR count). The van der Waals surface area contributed by atoms with Crippen LogP contribution in [0.2, 0.25) is 0 Å². The first kappa shape index (κ1) is 30.9. The summed E-state index contributed by atoms with van der Waals surface area (Å²) in [6, 6.07) is 7.67. The van der Waals surface area contributed by atoms with Gasteiger partial charge in [-0.3, -0.25) is 9.00 Å². The summed E-state index contributed by atoms with van der Waals surface area (Å²) in [6.07, 6.45) is 14.1. The predicted octanol–water partition coefficient (Wildman–Crippen LogP) is 6.40. The highest BCUT2D eigenvalue weighted by atomic mass is 32.2. The van der Waals surface area contributed by atoms with Gasteiger partial charge < -0.3 is 20.5 Å². The fourth-order valence-electron chi connectivity index (χ4n) is 5.67. The Balaban J connectivity index is 0.00000189. The quantitative estimate of drug-likeness (QED) is 0.327. The summed E-state index contributed by atoms with van der Waals surface area (Å²) in [5, 5.41) is 10.4. The van der Waals surface area contributed by atoms with Gasteiger partial charge in [0.15, 0.2) is 0 Å². The number of benzene rings is 2. The second kappa shape index (κ2) is 13.7. The van der Waals surface area contributed by atoms with Crippen molar-refractivity contribution in [2.24, 2.45) is 5.73 Å². The SMILES string of the molecule is CN.COc1ccc(C2C=CC=CC2S(C)=O)cc1CN(C(=O)c1sc2c(F)ccc(F)c2c1O)C1CCCCC1. The Morgan fingerprint density at radius 2 is 1.78 bits per heavy atom. The molecule has 1 fully saturated rings. The van der Waals surface area contributed by atoms with Crippen molar-refractivity contribution >= 4 is 38.1 Å². The summed E-state index contributed by atoms with van der Waals surface area (Å²) in [5.41, 5.74) is 6.23. The van der Waals surface area contributed by atoms with Gasteiger partial charge >= 0.3 is 0 Å². The van der Waals surface area contributed by atoms with E-state index in [2.05, 4.69) is 5.73 Å². The zero-order valence-corrected chi connectivity index (χ0v) is 25.1. The molecule has 2 aromatic carbocycles.